The molecule has 0 spiro atoms. The van der Waals surface area contributed by atoms with Crippen LogP contribution >= 0.6 is 0 Å². The van der Waals surface area contributed by atoms with Crippen molar-refractivity contribution in [2.75, 3.05) is 25.9 Å². The molecule has 2 atom stereocenters. The van der Waals surface area contributed by atoms with E-state index in [9.17, 15) is 13.2 Å². The zero-order chi connectivity index (χ0) is 17.3. The molecule has 0 bridgehead atoms. The quantitative estimate of drug-likeness (QED) is 0.851. The molecule has 2 saturated heterocycles. The van der Waals surface area contributed by atoms with Gasteiger partial charge in [0, 0.05) is 31.7 Å². The lowest BCUT2D eigenvalue weighted by Gasteiger charge is -2.35. The topological polar surface area (TPSA) is 69.7 Å². The van der Waals surface area contributed by atoms with E-state index in [4.69, 9.17) is 0 Å². The van der Waals surface area contributed by atoms with Crippen LogP contribution in [0.4, 0.5) is 4.79 Å². The predicted octanol–water partition coefficient (Wildman–Crippen LogP) is 2.02. The number of nitrogens with zero attached hydrogens (tertiary/aromatic N) is 2. The molecule has 0 radical (unpaired) electrons. The first kappa shape index (κ1) is 18.5. The fourth-order valence-corrected chi connectivity index (χ4v) is 4.55. The van der Waals surface area contributed by atoms with Crippen molar-refractivity contribution in [3.8, 4) is 0 Å². The van der Waals surface area contributed by atoms with Crippen LogP contribution in [-0.2, 0) is 10.0 Å². The molecule has 2 fully saturated rings. The van der Waals surface area contributed by atoms with Crippen LogP contribution in [0.15, 0.2) is 0 Å². The standard InChI is InChI=1S/C16H31N3O3S/c1-16(2,3)11-14-8-6-10-19(14)15(20)17-13-7-5-9-18(12-13)23(4,21)22/h13-14H,5-12H2,1-4H3,(H,17,20). The van der Waals surface area contributed by atoms with Crippen LogP contribution in [0, 0.1) is 5.41 Å². The van der Waals surface area contributed by atoms with Crippen molar-refractivity contribution in [3.63, 3.8) is 0 Å². The molecule has 2 aliphatic rings. The molecule has 2 unspecified atom stereocenters. The number of sulfonamides is 1. The molecule has 2 amide bonds. The van der Waals surface area contributed by atoms with Crippen LogP contribution < -0.4 is 5.32 Å². The summed E-state index contributed by atoms with van der Waals surface area (Å²) in [6.45, 7) is 8.35. The fourth-order valence-electron chi connectivity index (χ4n) is 3.64. The number of carbonyl (C=O) groups excluding carboxylic acids is 1. The van der Waals surface area contributed by atoms with Gasteiger partial charge in [0.05, 0.1) is 6.26 Å². The minimum Gasteiger partial charge on any atom is -0.334 e. The monoisotopic (exact) mass is 345 g/mol. The van der Waals surface area contributed by atoms with Crippen LogP contribution in [0.1, 0.15) is 52.9 Å². The fraction of sp³-hybridized carbons (Fsp3) is 0.938. The Hall–Kier alpha value is -0.820. The lowest BCUT2D eigenvalue weighted by Crippen LogP contribution is -2.53. The molecule has 2 rings (SSSR count). The van der Waals surface area contributed by atoms with Gasteiger partial charge in [-0.2, -0.15) is 0 Å². The summed E-state index contributed by atoms with van der Waals surface area (Å²) in [5, 5.41) is 3.06. The number of likely N-dealkylation sites (tertiary alicyclic amines) is 1. The molecular weight excluding hydrogens is 314 g/mol. The van der Waals surface area contributed by atoms with Gasteiger partial charge in [-0.3, -0.25) is 0 Å². The molecular formula is C16H31N3O3S. The average molecular weight is 346 g/mol. The lowest BCUT2D eigenvalue weighted by molar-refractivity contribution is 0.166. The van der Waals surface area contributed by atoms with Crippen LogP contribution in [0.2, 0.25) is 0 Å². The van der Waals surface area contributed by atoms with E-state index in [1.54, 1.807) is 0 Å². The number of hydrogen-bond acceptors (Lipinski definition) is 3. The summed E-state index contributed by atoms with van der Waals surface area (Å²) in [5.74, 6) is 0. The minimum absolute atomic E-state index is 0.0305. The Morgan fingerprint density at radius 3 is 2.43 bits per heavy atom. The number of piperidine rings is 1. The van der Waals surface area contributed by atoms with E-state index in [0.717, 1.165) is 38.6 Å². The lowest BCUT2D eigenvalue weighted by atomic mass is 9.87. The highest BCUT2D eigenvalue weighted by Crippen LogP contribution is 2.30. The smallest absolute Gasteiger partial charge is 0.317 e. The van der Waals surface area contributed by atoms with Crippen LogP contribution in [0.25, 0.3) is 0 Å². The normalized spacial score (nSPS) is 27.2. The van der Waals surface area contributed by atoms with E-state index < -0.39 is 10.0 Å². The molecule has 2 aliphatic heterocycles. The van der Waals surface area contributed by atoms with Gasteiger partial charge in [0.25, 0.3) is 0 Å². The zero-order valence-corrected chi connectivity index (χ0v) is 15.7. The van der Waals surface area contributed by atoms with E-state index in [2.05, 4.69) is 26.1 Å². The van der Waals surface area contributed by atoms with E-state index in [0.29, 0.717) is 19.1 Å². The van der Waals surface area contributed by atoms with Crippen molar-refractivity contribution in [3.05, 3.63) is 0 Å². The van der Waals surface area contributed by atoms with Gasteiger partial charge in [-0.05, 0) is 37.5 Å². The molecule has 23 heavy (non-hydrogen) atoms. The molecule has 7 heteroatoms. The van der Waals surface area contributed by atoms with Gasteiger partial charge >= 0.3 is 6.03 Å². The van der Waals surface area contributed by atoms with E-state index >= 15 is 0 Å². The summed E-state index contributed by atoms with van der Waals surface area (Å²) in [7, 11) is -3.18. The van der Waals surface area contributed by atoms with Crippen molar-refractivity contribution in [1.29, 1.82) is 0 Å². The summed E-state index contributed by atoms with van der Waals surface area (Å²) in [6, 6.07) is 0.184. The third kappa shape index (κ3) is 5.35. The Labute approximate surface area is 140 Å². The summed E-state index contributed by atoms with van der Waals surface area (Å²) in [6.07, 6.45) is 5.98. The van der Waals surface area contributed by atoms with Crippen molar-refractivity contribution in [1.82, 2.24) is 14.5 Å². The maximum Gasteiger partial charge on any atom is 0.317 e. The van der Waals surface area contributed by atoms with E-state index in [1.807, 2.05) is 4.90 Å². The Morgan fingerprint density at radius 1 is 1.17 bits per heavy atom. The number of amides is 2. The summed E-state index contributed by atoms with van der Waals surface area (Å²) in [4.78, 5) is 14.6. The second-order valence-corrected chi connectivity index (χ2v) is 10.1. The second-order valence-electron chi connectivity index (χ2n) is 8.16. The van der Waals surface area contributed by atoms with Gasteiger partial charge in [0.1, 0.15) is 0 Å². The molecule has 0 aromatic heterocycles. The van der Waals surface area contributed by atoms with Crippen molar-refractivity contribution in [2.45, 2.75) is 65.0 Å². The maximum atomic E-state index is 12.6. The largest absolute Gasteiger partial charge is 0.334 e. The predicted molar refractivity (Wildman–Crippen MR) is 91.8 cm³/mol. The van der Waals surface area contributed by atoms with Gasteiger partial charge in [-0.1, -0.05) is 20.8 Å². The summed E-state index contributed by atoms with van der Waals surface area (Å²) in [5.41, 5.74) is 0.200. The minimum atomic E-state index is -3.18. The molecule has 0 aliphatic carbocycles. The Kier molecular flexibility index (Phi) is 5.61. The Balaban J connectivity index is 1.93. The van der Waals surface area contributed by atoms with Crippen molar-refractivity contribution in [2.24, 2.45) is 5.41 Å². The first-order valence-corrected chi connectivity index (χ1v) is 10.4. The van der Waals surface area contributed by atoms with E-state index in [-0.39, 0.29) is 17.5 Å². The number of hydrogen-bond donors (Lipinski definition) is 1. The number of urea groups is 1. The van der Waals surface area contributed by atoms with Crippen LogP contribution in [-0.4, -0.2) is 61.6 Å². The molecule has 0 aromatic rings. The molecule has 1 N–H and O–H groups in total. The van der Waals surface area contributed by atoms with Gasteiger partial charge in [-0.25, -0.2) is 17.5 Å². The van der Waals surface area contributed by atoms with Crippen LogP contribution in [0.5, 0.6) is 0 Å². The Bertz CT molecular complexity index is 527. The summed E-state index contributed by atoms with van der Waals surface area (Å²) >= 11 is 0. The van der Waals surface area contributed by atoms with Gasteiger partial charge in [0.15, 0.2) is 0 Å². The summed E-state index contributed by atoms with van der Waals surface area (Å²) < 4.78 is 24.8. The van der Waals surface area contributed by atoms with Gasteiger partial charge in [-0.15, -0.1) is 0 Å². The number of carbonyl (C=O) groups is 1. The molecule has 0 aromatic carbocycles. The maximum absolute atomic E-state index is 12.6. The van der Waals surface area contributed by atoms with E-state index in [1.165, 1.54) is 10.6 Å². The third-order valence-electron chi connectivity index (χ3n) is 4.67. The van der Waals surface area contributed by atoms with Crippen molar-refractivity contribution < 1.29 is 13.2 Å². The highest BCUT2D eigenvalue weighted by atomic mass is 32.2. The molecule has 0 saturated carbocycles. The second kappa shape index (κ2) is 6.97. The average Bonchev–Trinajstić information content (AvgIpc) is 2.84. The Morgan fingerprint density at radius 2 is 1.83 bits per heavy atom. The highest BCUT2D eigenvalue weighted by Gasteiger charge is 2.34. The van der Waals surface area contributed by atoms with Gasteiger partial charge < -0.3 is 10.2 Å². The molecule has 6 nitrogen and oxygen atoms in total. The number of rotatable bonds is 3. The first-order chi connectivity index (χ1) is 10.6. The number of nitrogens with one attached hydrogen (secondary N) is 1. The zero-order valence-electron chi connectivity index (χ0n) is 14.8. The highest BCUT2D eigenvalue weighted by molar-refractivity contribution is 7.88. The molecule has 134 valence electrons. The third-order valence-corrected chi connectivity index (χ3v) is 5.94. The molecule has 2 heterocycles. The first-order valence-electron chi connectivity index (χ1n) is 8.58. The van der Waals surface area contributed by atoms with Crippen molar-refractivity contribution >= 4 is 16.1 Å². The SMILES string of the molecule is CC(C)(C)CC1CCCN1C(=O)NC1CCCN(S(C)(=O)=O)C1. The van der Waals surface area contributed by atoms with Gasteiger partial charge in [0.2, 0.25) is 10.0 Å². The van der Waals surface area contributed by atoms with Crippen LogP contribution in [0.3, 0.4) is 0 Å².